The Bertz CT molecular complexity index is 998. The second-order valence-electron chi connectivity index (χ2n) is 6.60. The lowest BCUT2D eigenvalue weighted by Gasteiger charge is -2.36. The Kier molecular flexibility index (Phi) is 5.23. The Labute approximate surface area is 169 Å². The fourth-order valence-electron chi connectivity index (χ4n) is 3.21. The van der Waals surface area contributed by atoms with Gasteiger partial charge < -0.3 is 9.80 Å². The van der Waals surface area contributed by atoms with Crippen molar-refractivity contribution in [1.82, 2.24) is 14.9 Å². The molecule has 2 aromatic heterocycles. The molecular weight excluding hydrogens is 401 g/mol. The highest BCUT2D eigenvalue weighted by molar-refractivity contribution is 7.13. The topological polar surface area (TPSA) is 49.3 Å². The first-order valence-corrected chi connectivity index (χ1v) is 9.87. The van der Waals surface area contributed by atoms with Crippen LogP contribution in [0, 0.1) is 0 Å². The molecule has 0 spiro atoms. The molecule has 150 valence electrons. The van der Waals surface area contributed by atoms with Gasteiger partial charge in [-0.2, -0.15) is 13.2 Å². The molecule has 0 atom stereocenters. The molecule has 4 rings (SSSR count). The van der Waals surface area contributed by atoms with Gasteiger partial charge in [-0.25, -0.2) is 4.98 Å². The molecule has 5 nitrogen and oxygen atoms in total. The molecule has 1 aromatic carbocycles. The predicted molar refractivity (Wildman–Crippen MR) is 105 cm³/mol. The monoisotopic (exact) mass is 418 g/mol. The maximum atomic E-state index is 12.9. The summed E-state index contributed by atoms with van der Waals surface area (Å²) in [7, 11) is 0. The molecule has 1 amide bonds. The van der Waals surface area contributed by atoms with Crippen molar-refractivity contribution < 1.29 is 18.0 Å². The van der Waals surface area contributed by atoms with Crippen LogP contribution in [0.15, 0.2) is 54.2 Å². The van der Waals surface area contributed by atoms with Gasteiger partial charge in [0, 0.05) is 55.2 Å². The number of alkyl halides is 3. The van der Waals surface area contributed by atoms with Gasteiger partial charge in [0.15, 0.2) is 0 Å². The molecule has 3 aromatic rings. The number of aromatic nitrogens is 2. The van der Waals surface area contributed by atoms with E-state index < -0.39 is 11.7 Å². The quantitative estimate of drug-likeness (QED) is 0.640. The zero-order valence-electron chi connectivity index (χ0n) is 15.3. The van der Waals surface area contributed by atoms with Crippen molar-refractivity contribution in [3.63, 3.8) is 0 Å². The highest BCUT2D eigenvalue weighted by Gasteiger charge is 2.31. The van der Waals surface area contributed by atoms with Gasteiger partial charge in [-0.15, -0.1) is 11.3 Å². The van der Waals surface area contributed by atoms with Gasteiger partial charge in [-0.1, -0.05) is 6.07 Å². The largest absolute Gasteiger partial charge is 0.416 e. The molecule has 0 N–H and O–H groups in total. The highest BCUT2D eigenvalue weighted by atomic mass is 32.1. The lowest BCUT2D eigenvalue weighted by molar-refractivity contribution is -0.137. The van der Waals surface area contributed by atoms with E-state index in [0.29, 0.717) is 37.6 Å². The van der Waals surface area contributed by atoms with Gasteiger partial charge >= 0.3 is 6.18 Å². The minimum atomic E-state index is -4.37. The van der Waals surface area contributed by atoms with E-state index in [2.05, 4.69) is 9.97 Å². The number of benzene rings is 1. The van der Waals surface area contributed by atoms with E-state index >= 15 is 0 Å². The molecule has 1 saturated heterocycles. The summed E-state index contributed by atoms with van der Waals surface area (Å²) >= 11 is 1.39. The molecule has 1 aliphatic rings. The van der Waals surface area contributed by atoms with Crippen molar-refractivity contribution in [2.75, 3.05) is 31.1 Å². The predicted octanol–water partition coefficient (Wildman–Crippen LogP) is 4.19. The number of halogens is 3. The normalized spacial score (nSPS) is 14.9. The van der Waals surface area contributed by atoms with E-state index in [1.54, 1.807) is 28.7 Å². The second-order valence-corrected chi connectivity index (χ2v) is 7.46. The summed E-state index contributed by atoms with van der Waals surface area (Å²) in [4.78, 5) is 24.7. The number of amides is 1. The van der Waals surface area contributed by atoms with E-state index in [0.717, 1.165) is 22.7 Å². The Morgan fingerprint density at radius 1 is 1.03 bits per heavy atom. The smallest absolute Gasteiger partial charge is 0.368 e. The summed E-state index contributed by atoms with van der Waals surface area (Å²) < 4.78 is 38.8. The zero-order valence-corrected chi connectivity index (χ0v) is 16.1. The number of carbonyl (C=O) groups excluding carboxylic acids is 1. The number of piperazine rings is 1. The molecule has 0 unspecified atom stereocenters. The fourth-order valence-corrected chi connectivity index (χ4v) is 4.01. The van der Waals surface area contributed by atoms with Crippen molar-refractivity contribution in [1.29, 1.82) is 0 Å². The van der Waals surface area contributed by atoms with E-state index in [4.69, 9.17) is 0 Å². The Morgan fingerprint density at radius 2 is 1.76 bits per heavy atom. The minimum absolute atomic E-state index is 0.162. The standard InChI is InChI=1S/C20H17F3N4OS/c21-20(22,23)15-2-1-3-16(12-15)26-8-10-27(11-9-26)19(28)17-13-29-18(25-17)14-4-6-24-7-5-14/h1-7,12-13H,8-11H2. The van der Waals surface area contributed by atoms with Crippen LogP contribution in [-0.2, 0) is 6.18 Å². The summed E-state index contributed by atoms with van der Waals surface area (Å²) in [5, 5.41) is 2.48. The van der Waals surface area contributed by atoms with Gasteiger partial charge in [0.1, 0.15) is 10.7 Å². The molecule has 0 saturated carbocycles. The highest BCUT2D eigenvalue weighted by Crippen LogP contribution is 2.32. The van der Waals surface area contributed by atoms with Crippen LogP contribution in [-0.4, -0.2) is 47.0 Å². The molecule has 29 heavy (non-hydrogen) atoms. The number of carbonyl (C=O) groups is 1. The number of pyridine rings is 1. The van der Waals surface area contributed by atoms with Crippen LogP contribution in [0.5, 0.6) is 0 Å². The summed E-state index contributed by atoms with van der Waals surface area (Å²) in [5.74, 6) is -0.162. The van der Waals surface area contributed by atoms with Gasteiger partial charge in [0.2, 0.25) is 0 Å². The molecule has 3 heterocycles. The van der Waals surface area contributed by atoms with Crippen LogP contribution in [0.25, 0.3) is 10.6 Å². The average molecular weight is 418 g/mol. The summed E-state index contributed by atoms with van der Waals surface area (Å²) in [6.45, 7) is 1.79. The Hall–Kier alpha value is -2.94. The molecule has 1 aliphatic heterocycles. The second kappa shape index (κ2) is 7.82. The Morgan fingerprint density at radius 3 is 2.45 bits per heavy atom. The van der Waals surface area contributed by atoms with Crippen molar-refractivity contribution >= 4 is 22.9 Å². The lowest BCUT2D eigenvalue weighted by Crippen LogP contribution is -2.48. The number of thiazole rings is 1. The number of hydrogen-bond acceptors (Lipinski definition) is 5. The summed E-state index contributed by atoms with van der Waals surface area (Å²) in [6.07, 6.45) is -1.03. The van der Waals surface area contributed by atoms with Crippen molar-refractivity contribution in [3.05, 3.63) is 65.4 Å². The third-order valence-corrected chi connectivity index (χ3v) is 5.65. The van der Waals surface area contributed by atoms with Gasteiger partial charge in [-0.3, -0.25) is 9.78 Å². The molecule has 9 heteroatoms. The van der Waals surface area contributed by atoms with Crippen molar-refractivity contribution in [2.24, 2.45) is 0 Å². The van der Waals surface area contributed by atoms with Crippen LogP contribution >= 0.6 is 11.3 Å². The average Bonchev–Trinajstić information content (AvgIpc) is 3.24. The number of rotatable bonds is 3. The van der Waals surface area contributed by atoms with Gasteiger partial charge in [-0.05, 0) is 30.3 Å². The molecular formula is C20H17F3N4OS. The van der Waals surface area contributed by atoms with E-state index in [-0.39, 0.29) is 5.91 Å². The summed E-state index contributed by atoms with van der Waals surface area (Å²) in [6, 6.07) is 8.95. The number of anilines is 1. The third-order valence-electron chi connectivity index (χ3n) is 4.76. The van der Waals surface area contributed by atoms with Gasteiger partial charge in [0.05, 0.1) is 5.56 Å². The van der Waals surface area contributed by atoms with Crippen LogP contribution < -0.4 is 4.90 Å². The Balaban J connectivity index is 1.41. The SMILES string of the molecule is O=C(c1csc(-c2ccncc2)n1)N1CCN(c2cccc(C(F)(F)F)c2)CC1. The van der Waals surface area contributed by atoms with Crippen LogP contribution in [0.2, 0.25) is 0 Å². The first kappa shape index (κ1) is 19.4. The first-order valence-electron chi connectivity index (χ1n) is 8.99. The molecule has 1 fully saturated rings. The maximum absolute atomic E-state index is 12.9. The van der Waals surface area contributed by atoms with Gasteiger partial charge in [0.25, 0.3) is 5.91 Å². The van der Waals surface area contributed by atoms with E-state index in [1.165, 1.54) is 17.4 Å². The first-order chi connectivity index (χ1) is 13.9. The van der Waals surface area contributed by atoms with Crippen LogP contribution in [0.1, 0.15) is 16.1 Å². The van der Waals surface area contributed by atoms with Crippen LogP contribution in [0.3, 0.4) is 0 Å². The summed E-state index contributed by atoms with van der Waals surface area (Å²) in [5.41, 5.74) is 1.13. The lowest BCUT2D eigenvalue weighted by atomic mass is 10.1. The maximum Gasteiger partial charge on any atom is 0.416 e. The van der Waals surface area contributed by atoms with E-state index in [1.807, 2.05) is 17.0 Å². The fraction of sp³-hybridized carbons (Fsp3) is 0.250. The molecule has 0 radical (unpaired) electrons. The van der Waals surface area contributed by atoms with E-state index in [9.17, 15) is 18.0 Å². The van der Waals surface area contributed by atoms with Crippen molar-refractivity contribution in [2.45, 2.75) is 6.18 Å². The van der Waals surface area contributed by atoms with Crippen LogP contribution in [0.4, 0.5) is 18.9 Å². The van der Waals surface area contributed by atoms with Crippen molar-refractivity contribution in [3.8, 4) is 10.6 Å². The zero-order chi connectivity index (χ0) is 20.4. The number of nitrogens with zero attached hydrogens (tertiary/aromatic N) is 4. The third kappa shape index (κ3) is 4.24. The minimum Gasteiger partial charge on any atom is -0.368 e. The number of hydrogen-bond donors (Lipinski definition) is 0. The molecule has 0 aliphatic carbocycles. The molecule has 0 bridgehead atoms.